The maximum absolute atomic E-state index is 12.3. The second-order valence-electron chi connectivity index (χ2n) is 6.04. The monoisotopic (exact) mass is 306 g/mol. The molecule has 3 heteroatoms. The topological polar surface area (TPSA) is 42.0 Å². The van der Waals surface area contributed by atoms with Gasteiger partial charge in [0.15, 0.2) is 0 Å². The number of aromatic nitrogens is 1. The van der Waals surface area contributed by atoms with Crippen LogP contribution in [0.15, 0.2) is 48.7 Å². The van der Waals surface area contributed by atoms with Crippen LogP contribution in [0.2, 0.25) is 0 Å². The second-order valence-corrected chi connectivity index (χ2v) is 6.04. The van der Waals surface area contributed by atoms with Gasteiger partial charge in [-0.15, -0.1) is 0 Å². The molecular formula is C20H22N2O. The Morgan fingerprint density at radius 1 is 1.04 bits per heavy atom. The van der Waals surface area contributed by atoms with E-state index in [9.17, 15) is 4.79 Å². The molecule has 0 radical (unpaired) electrons. The van der Waals surface area contributed by atoms with Gasteiger partial charge in [-0.2, -0.15) is 0 Å². The lowest BCUT2D eigenvalue weighted by Gasteiger charge is -2.20. The predicted molar refractivity (Wildman–Crippen MR) is 94.8 cm³/mol. The van der Waals surface area contributed by atoms with Crippen molar-refractivity contribution in [2.45, 2.75) is 32.1 Å². The van der Waals surface area contributed by atoms with Crippen molar-refractivity contribution in [2.24, 2.45) is 5.92 Å². The predicted octanol–water partition coefficient (Wildman–Crippen LogP) is 4.77. The van der Waals surface area contributed by atoms with Crippen LogP contribution in [-0.2, 0) is 4.79 Å². The fourth-order valence-electron chi connectivity index (χ4n) is 2.99. The molecule has 1 fully saturated rings. The summed E-state index contributed by atoms with van der Waals surface area (Å²) in [6.45, 7) is 0. The molecular weight excluding hydrogens is 284 g/mol. The van der Waals surface area contributed by atoms with E-state index >= 15 is 0 Å². The minimum Gasteiger partial charge on any atom is -0.326 e. The van der Waals surface area contributed by atoms with E-state index in [-0.39, 0.29) is 11.8 Å². The highest BCUT2D eigenvalue weighted by Gasteiger charge is 2.20. The standard InChI is InChI=1S/C20H22N2O/c23-20(17-8-2-1-3-9-17)22-19-11-6-7-16(15-19)12-13-18-10-4-5-14-21-18/h4-7,10-15,17H,1-3,8-9H2,(H,22,23). The highest BCUT2D eigenvalue weighted by atomic mass is 16.1. The van der Waals surface area contributed by atoms with Gasteiger partial charge < -0.3 is 5.32 Å². The Morgan fingerprint density at radius 3 is 2.70 bits per heavy atom. The van der Waals surface area contributed by atoms with E-state index in [0.29, 0.717) is 0 Å². The number of benzene rings is 1. The largest absolute Gasteiger partial charge is 0.326 e. The van der Waals surface area contributed by atoms with Crippen LogP contribution in [0.4, 0.5) is 5.69 Å². The van der Waals surface area contributed by atoms with Crippen molar-refractivity contribution in [3.63, 3.8) is 0 Å². The Balaban J connectivity index is 1.65. The molecule has 1 aromatic carbocycles. The maximum atomic E-state index is 12.3. The fraction of sp³-hybridized carbons (Fsp3) is 0.300. The van der Waals surface area contributed by atoms with Crippen molar-refractivity contribution in [3.05, 3.63) is 59.9 Å². The van der Waals surface area contributed by atoms with Gasteiger partial charge in [0, 0.05) is 17.8 Å². The van der Waals surface area contributed by atoms with Crippen molar-refractivity contribution in [3.8, 4) is 0 Å². The molecule has 1 aromatic heterocycles. The first-order valence-corrected chi connectivity index (χ1v) is 8.31. The molecule has 23 heavy (non-hydrogen) atoms. The van der Waals surface area contributed by atoms with Gasteiger partial charge in [-0.3, -0.25) is 9.78 Å². The molecule has 1 aliphatic carbocycles. The van der Waals surface area contributed by atoms with E-state index in [0.717, 1.165) is 29.8 Å². The Morgan fingerprint density at radius 2 is 1.91 bits per heavy atom. The Hall–Kier alpha value is -2.42. The zero-order valence-electron chi connectivity index (χ0n) is 13.2. The van der Waals surface area contributed by atoms with E-state index in [2.05, 4.69) is 10.3 Å². The number of hydrogen-bond donors (Lipinski definition) is 1. The Kier molecular flexibility index (Phi) is 5.20. The minimum absolute atomic E-state index is 0.163. The average Bonchev–Trinajstić information content (AvgIpc) is 2.62. The number of nitrogens with zero attached hydrogens (tertiary/aromatic N) is 1. The van der Waals surface area contributed by atoms with Crippen LogP contribution in [0.3, 0.4) is 0 Å². The first-order chi connectivity index (χ1) is 11.3. The van der Waals surface area contributed by atoms with Crippen LogP contribution in [-0.4, -0.2) is 10.9 Å². The third-order valence-corrected chi connectivity index (χ3v) is 4.26. The van der Waals surface area contributed by atoms with Gasteiger partial charge in [-0.1, -0.05) is 43.5 Å². The highest BCUT2D eigenvalue weighted by molar-refractivity contribution is 5.93. The summed E-state index contributed by atoms with van der Waals surface area (Å²) in [5.74, 6) is 0.340. The zero-order chi connectivity index (χ0) is 15.9. The summed E-state index contributed by atoms with van der Waals surface area (Å²) in [4.78, 5) is 16.6. The third-order valence-electron chi connectivity index (χ3n) is 4.26. The number of nitrogens with one attached hydrogen (secondary N) is 1. The maximum Gasteiger partial charge on any atom is 0.227 e. The van der Waals surface area contributed by atoms with Crippen molar-refractivity contribution in [1.82, 2.24) is 4.98 Å². The molecule has 0 spiro atoms. The van der Waals surface area contributed by atoms with Crippen LogP contribution < -0.4 is 5.32 Å². The van der Waals surface area contributed by atoms with Gasteiger partial charge in [0.1, 0.15) is 0 Å². The lowest BCUT2D eigenvalue weighted by atomic mass is 9.88. The van der Waals surface area contributed by atoms with Gasteiger partial charge in [0.05, 0.1) is 5.69 Å². The number of anilines is 1. The molecule has 1 aliphatic rings. The number of carbonyl (C=O) groups excluding carboxylic acids is 1. The van der Waals surface area contributed by atoms with E-state index < -0.39 is 0 Å². The normalized spacial score (nSPS) is 15.7. The lowest BCUT2D eigenvalue weighted by Crippen LogP contribution is -2.24. The molecule has 0 saturated heterocycles. The number of carbonyl (C=O) groups is 1. The summed E-state index contributed by atoms with van der Waals surface area (Å²) < 4.78 is 0. The molecule has 0 atom stereocenters. The van der Waals surface area contributed by atoms with Gasteiger partial charge >= 0.3 is 0 Å². The molecule has 3 rings (SSSR count). The Labute approximate surface area is 137 Å². The molecule has 1 saturated carbocycles. The highest BCUT2D eigenvalue weighted by Crippen LogP contribution is 2.25. The fourth-order valence-corrected chi connectivity index (χ4v) is 2.99. The summed E-state index contributed by atoms with van der Waals surface area (Å²) in [7, 11) is 0. The van der Waals surface area contributed by atoms with Crippen LogP contribution in [0, 0.1) is 5.92 Å². The van der Waals surface area contributed by atoms with Gasteiger partial charge in [-0.25, -0.2) is 0 Å². The van der Waals surface area contributed by atoms with Gasteiger partial charge in [0.2, 0.25) is 5.91 Å². The SMILES string of the molecule is O=C(Nc1cccc(C=Cc2ccccn2)c1)C1CCCCC1. The second kappa shape index (κ2) is 7.73. The van der Waals surface area contributed by atoms with Gasteiger partial charge in [0.25, 0.3) is 0 Å². The molecule has 1 heterocycles. The van der Waals surface area contributed by atoms with E-state index in [1.807, 2.05) is 54.6 Å². The van der Waals surface area contributed by atoms with E-state index in [1.165, 1.54) is 19.3 Å². The lowest BCUT2D eigenvalue weighted by molar-refractivity contribution is -0.120. The summed E-state index contributed by atoms with van der Waals surface area (Å²) in [5, 5.41) is 3.06. The molecule has 1 N–H and O–H groups in total. The van der Waals surface area contributed by atoms with Gasteiger partial charge in [-0.05, 0) is 48.7 Å². The summed E-state index contributed by atoms with van der Waals surface area (Å²) in [5.41, 5.74) is 2.84. The van der Waals surface area contributed by atoms with Crippen molar-refractivity contribution in [1.29, 1.82) is 0 Å². The quantitative estimate of drug-likeness (QED) is 0.884. The van der Waals surface area contributed by atoms with E-state index in [1.54, 1.807) is 6.20 Å². The first kappa shape index (κ1) is 15.5. The van der Waals surface area contributed by atoms with E-state index in [4.69, 9.17) is 0 Å². The summed E-state index contributed by atoms with van der Waals surface area (Å²) in [6, 6.07) is 13.8. The number of amides is 1. The smallest absolute Gasteiger partial charge is 0.227 e. The van der Waals surface area contributed by atoms with Crippen LogP contribution in [0.25, 0.3) is 12.2 Å². The number of pyridine rings is 1. The summed E-state index contributed by atoms with van der Waals surface area (Å²) >= 11 is 0. The van der Waals surface area contributed by atoms with Crippen LogP contribution in [0.5, 0.6) is 0 Å². The van der Waals surface area contributed by atoms with Crippen molar-refractivity contribution >= 4 is 23.7 Å². The third kappa shape index (κ3) is 4.52. The van der Waals surface area contributed by atoms with Crippen molar-refractivity contribution in [2.75, 3.05) is 5.32 Å². The average molecular weight is 306 g/mol. The van der Waals surface area contributed by atoms with Crippen LogP contribution >= 0.6 is 0 Å². The van der Waals surface area contributed by atoms with Crippen molar-refractivity contribution < 1.29 is 4.79 Å². The molecule has 0 aliphatic heterocycles. The number of rotatable bonds is 4. The number of hydrogen-bond acceptors (Lipinski definition) is 2. The molecule has 118 valence electrons. The Bertz CT molecular complexity index is 673. The zero-order valence-corrected chi connectivity index (χ0v) is 13.2. The molecule has 2 aromatic rings. The summed E-state index contributed by atoms with van der Waals surface area (Å²) in [6.07, 6.45) is 11.4. The van der Waals surface area contributed by atoms with Crippen LogP contribution in [0.1, 0.15) is 43.4 Å². The first-order valence-electron chi connectivity index (χ1n) is 8.31. The molecule has 0 unspecified atom stereocenters. The molecule has 1 amide bonds. The molecule has 3 nitrogen and oxygen atoms in total. The minimum atomic E-state index is 0.163. The molecule has 0 bridgehead atoms.